The van der Waals surface area contributed by atoms with E-state index in [0.717, 1.165) is 12.8 Å². The average molecular weight is 290 g/mol. The summed E-state index contributed by atoms with van der Waals surface area (Å²) in [5, 5.41) is 0. The molecule has 0 aromatic heterocycles. The van der Waals surface area contributed by atoms with Crippen molar-refractivity contribution in [3.63, 3.8) is 0 Å². The number of thioether (sulfide) groups is 1. The fourth-order valence-corrected chi connectivity index (χ4v) is 2.71. The van der Waals surface area contributed by atoms with Gasteiger partial charge >= 0.3 is 5.97 Å². The minimum Gasteiger partial charge on any atom is -0.482 e. The molecule has 106 valence electrons. The van der Waals surface area contributed by atoms with Crippen LogP contribution >= 0.6 is 11.8 Å². The third-order valence-corrected chi connectivity index (χ3v) is 3.82. The Balaban J connectivity index is 1.84. The molecule has 0 saturated carbocycles. The van der Waals surface area contributed by atoms with Crippen molar-refractivity contribution in [3.8, 4) is 5.75 Å². The number of ether oxygens (including phenoxy) is 2. The lowest BCUT2D eigenvalue weighted by molar-refractivity contribution is -0.145. The van der Waals surface area contributed by atoms with Gasteiger partial charge in [0.1, 0.15) is 5.75 Å². The first-order valence-corrected chi connectivity index (χ1v) is 7.51. The topological polar surface area (TPSA) is 35.5 Å². The van der Waals surface area contributed by atoms with E-state index in [9.17, 15) is 4.79 Å². The molecule has 0 N–H and O–H groups in total. The summed E-state index contributed by atoms with van der Waals surface area (Å²) in [6.45, 7) is 2.11. The average Bonchev–Trinajstić information content (AvgIpc) is 2.48. The zero-order valence-corrected chi connectivity index (χ0v) is 12.3. The molecule has 0 heterocycles. The maximum Gasteiger partial charge on any atom is 0.344 e. The van der Waals surface area contributed by atoms with Gasteiger partial charge < -0.3 is 9.47 Å². The molecule has 0 spiro atoms. The van der Waals surface area contributed by atoms with Crippen LogP contribution in [0.5, 0.6) is 5.75 Å². The Morgan fingerprint density at radius 2 is 2.10 bits per heavy atom. The maximum atomic E-state index is 11.2. The van der Waals surface area contributed by atoms with Crippen LogP contribution in [0.1, 0.15) is 19.8 Å². The summed E-state index contributed by atoms with van der Waals surface area (Å²) in [7, 11) is 0. The first kappa shape index (κ1) is 14.7. The minimum absolute atomic E-state index is 0.0454. The SMILES string of the molecule is CCOC(=O)COc1ccc(SC2=CC=CCC2)cc1. The van der Waals surface area contributed by atoms with Crippen LogP contribution in [0.4, 0.5) is 0 Å². The first-order valence-electron chi connectivity index (χ1n) is 6.70. The van der Waals surface area contributed by atoms with Gasteiger partial charge in [-0.1, -0.05) is 30.0 Å². The Bertz CT molecular complexity index is 503. The Hall–Kier alpha value is -1.68. The van der Waals surface area contributed by atoms with Gasteiger partial charge in [0, 0.05) is 4.90 Å². The van der Waals surface area contributed by atoms with E-state index in [1.165, 1.54) is 9.80 Å². The largest absolute Gasteiger partial charge is 0.482 e. The minimum atomic E-state index is -0.343. The van der Waals surface area contributed by atoms with Gasteiger partial charge in [-0.05, 0) is 48.9 Å². The Morgan fingerprint density at radius 1 is 1.30 bits per heavy atom. The molecule has 0 atom stereocenters. The fraction of sp³-hybridized carbons (Fsp3) is 0.312. The fourth-order valence-electron chi connectivity index (χ4n) is 1.77. The van der Waals surface area contributed by atoms with Crippen LogP contribution in [0.3, 0.4) is 0 Å². The van der Waals surface area contributed by atoms with Crippen molar-refractivity contribution in [2.45, 2.75) is 24.7 Å². The van der Waals surface area contributed by atoms with Gasteiger partial charge in [0.2, 0.25) is 0 Å². The Labute approximate surface area is 123 Å². The van der Waals surface area contributed by atoms with Gasteiger partial charge in [-0.15, -0.1) is 0 Å². The van der Waals surface area contributed by atoms with Gasteiger partial charge in [0.05, 0.1) is 6.61 Å². The summed E-state index contributed by atoms with van der Waals surface area (Å²) in [5.74, 6) is 0.338. The second-order valence-electron chi connectivity index (χ2n) is 4.27. The highest BCUT2D eigenvalue weighted by molar-refractivity contribution is 8.03. The van der Waals surface area contributed by atoms with Crippen LogP contribution in [0.15, 0.2) is 52.3 Å². The molecule has 3 nitrogen and oxygen atoms in total. The number of allylic oxidation sites excluding steroid dienone is 4. The number of hydrogen-bond acceptors (Lipinski definition) is 4. The molecule has 4 heteroatoms. The van der Waals surface area contributed by atoms with Crippen molar-refractivity contribution in [3.05, 3.63) is 47.4 Å². The lowest BCUT2D eigenvalue weighted by Crippen LogP contribution is -2.14. The summed E-state index contributed by atoms with van der Waals surface area (Å²) in [4.78, 5) is 13.7. The van der Waals surface area contributed by atoms with E-state index in [4.69, 9.17) is 9.47 Å². The van der Waals surface area contributed by atoms with E-state index < -0.39 is 0 Å². The smallest absolute Gasteiger partial charge is 0.344 e. The van der Waals surface area contributed by atoms with Gasteiger partial charge in [-0.25, -0.2) is 4.79 Å². The van der Waals surface area contributed by atoms with Crippen LogP contribution in [0.2, 0.25) is 0 Å². The van der Waals surface area contributed by atoms with E-state index in [0.29, 0.717) is 12.4 Å². The maximum absolute atomic E-state index is 11.2. The summed E-state index contributed by atoms with van der Waals surface area (Å²) < 4.78 is 10.2. The van der Waals surface area contributed by atoms with Crippen LogP contribution < -0.4 is 4.74 Å². The van der Waals surface area contributed by atoms with Gasteiger partial charge in [-0.3, -0.25) is 0 Å². The van der Waals surface area contributed by atoms with Crippen molar-refractivity contribution in [2.24, 2.45) is 0 Å². The highest BCUT2D eigenvalue weighted by Crippen LogP contribution is 2.32. The van der Waals surface area contributed by atoms with Crippen molar-refractivity contribution < 1.29 is 14.3 Å². The molecule has 1 aromatic carbocycles. The standard InChI is InChI=1S/C16H18O3S/c1-2-18-16(17)12-19-13-8-10-15(11-9-13)20-14-6-4-3-5-7-14/h3-4,6,8-11H,2,5,7,12H2,1H3. The molecular formula is C16H18O3S. The van der Waals surface area contributed by atoms with Crippen LogP contribution in [-0.4, -0.2) is 19.2 Å². The third-order valence-electron chi connectivity index (χ3n) is 2.71. The zero-order valence-electron chi connectivity index (χ0n) is 11.5. The molecule has 20 heavy (non-hydrogen) atoms. The summed E-state index contributed by atoms with van der Waals surface area (Å²) >= 11 is 1.77. The number of carbonyl (C=O) groups is 1. The van der Waals surface area contributed by atoms with Crippen LogP contribution in [0, 0.1) is 0 Å². The zero-order chi connectivity index (χ0) is 14.2. The quantitative estimate of drug-likeness (QED) is 0.743. The Morgan fingerprint density at radius 3 is 2.75 bits per heavy atom. The summed E-state index contributed by atoms with van der Waals surface area (Å²) in [6, 6.07) is 7.76. The first-order chi connectivity index (χ1) is 9.78. The molecule has 0 aliphatic heterocycles. The number of carbonyl (C=O) groups excluding carboxylic acids is 1. The lowest BCUT2D eigenvalue weighted by atomic mass is 10.2. The highest BCUT2D eigenvalue weighted by Gasteiger charge is 2.05. The summed E-state index contributed by atoms with van der Waals surface area (Å²) in [5.41, 5.74) is 0. The molecule has 1 aliphatic rings. The third kappa shape index (κ3) is 4.78. The second kappa shape index (κ2) is 7.80. The number of hydrogen-bond donors (Lipinski definition) is 0. The van der Waals surface area contributed by atoms with Crippen LogP contribution in [0.25, 0.3) is 0 Å². The van der Waals surface area contributed by atoms with E-state index in [2.05, 4.69) is 18.2 Å². The lowest BCUT2D eigenvalue weighted by Gasteiger charge is -2.09. The predicted octanol–water partition coefficient (Wildman–Crippen LogP) is 3.95. The van der Waals surface area contributed by atoms with Gasteiger partial charge in [-0.2, -0.15) is 0 Å². The Kier molecular flexibility index (Phi) is 5.74. The number of rotatable bonds is 6. The van der Waals surface area contributed by atoms with E-state index in [-0.39, 0.29) is 12.6 Å². The summed E-state index contributed by atoms with van der Waals surface area (Å²) in [6.07, 6.45) is 8.64. The highest BCUT2D eigenvalue weighted by atomic mass is 32.2. The predicted molar refractivity (Wildman–Crippen MR) is 80.9 cm³/mol. The second-order valence-corrected chi connectivity index (χ2v) is 5.47. The molecule has 0 fully saturated rings. The van der Waals surface area contributed by atoms with Crippen LogP contribution in [-0.2, 0) is 9.53 Å². The van der Waals surface area contributed by atoms with Crippen molar-refractivity contribution in [2.75, 3.05) is 13.2 Å². The van der Waals surface area contributed by atoms with Gasteiger partial charge in [0.15, 0.2) is 6.61 Å². The van der Waals surface area contributed by atoms with E-state index in [1.54, 1.807) is 18.7 Å². The number of benzene rings is 1. The molecule has 0 radical (unpaired) electrons. The molecule has 1 aromatic rings. The molecule has 0 unspecified atom stereocenters. The normalized spacial score (nSPS) is 13.8. The monoisotopic (exact) mass is 290 g/mol. The van der Waals surface area contributed by atoms with Crippen molar-refractivity contribution in [1.29, 1.82) is 0 Å². The molecule has 2 rings (SSSR count). The van der Waals surface area contributed by atoms with Gasteiger partial charge in [0.25, 0.3) is 0 Å². The van der Waals surface area contributed by atoms with E-state index in [1.807, 2.05) is 24.3 Å². The molecule has 0 saturated heterocycles. The molecular weight excluding hydrogens is 272 g/mol. The molecule has 1 aliphatic carbocycles. The number of esters is 1. The molecule has 0 amide bonds. The van der Waals surface area contributed by atoms with Crippen molar-refractivity contribution in [1.82, 2.24) is 0 Å². The molecule has 0 bridgehead atoms. The van der Waals surface area contributed by atoms with Crippen molar-refractivity contribution >= 4 is 17.7 Å². The van der Waals surface area contributed by atoms with E-state index >= 15 is 0 Å².